The van der Waals surface area contributed by atoms with Gasteiger partial charge in [-0.05, 0) is 24.0 Å². The number of hydrogen-bond acceptors (Lipinski definition) is 2. The van der Waals surface area contributed by atoms with E-state index in [4.69, 9.17) is 0 Å². The van der Waals surface area contributed by atoms with E-state index in [0.29, 0.717) is 0 Å². The van der Waals surface area contributed by atoms with Crippen molar-refractivity contribution in [3.8, 4) is 0 Å². The Bertz CT molecular complexity index is 276. The van der Waals surface area contributed by atoms with E-state index in [0.717, 1.165) is 5.57 Å². The molecule has 0 amide bonds. The molecule has 2 nitrogen and oxygen atoms in total. The van der Waals surface area contributed by atoms with Crippen molar-refractivity contribution < 1.29 is 9.90 Å². The van der Waals surface area contributed by atoms with Gasteiger partial charge >= 0.3 is 0 Å². The lowest BCUT2D eigenvalue weighted by atomic mass is 9.98. The molecular weight excluding hydrogens is 152 g/mol. The Balaban J connectivity index is 2.35. The van der Waals surface area contributed by atoms with Crippen molar-refractivity contribution >= 4 is 5.78 Å². The number of carbonyl (C=O) groups excluding carboxylic acids is 1. The Morgan fingerprint density at radius 2 is 2.08 bits per heavy atom. The molecule has 0 spiro atoms. The lowest BCUT2D eigenvalue weighted by Crippen LogP contribution is -2.19. The number of hydrogen-bond donors (Lipinski definition) is 1. The van der Waals surface area contributed by atoms with Crippen molar-refractivity contribution in [2.24, 2.45) is 17.3 Å². The molecule has 1 saturated carbocycles. The van der Waals surface area contributed by atoms with E-state index in [2.05, 4.69) is 13.8 Å². The van der Waals surface area contributed by atoms with E-state index in [9.17, 15) is 9.90 Å². The third-order valence-corrected chi connectivity index (χ3v) is 3.37. The first-order valence-corrected chi connectivity index (χ1v) is 4.37. The number of ketones is 1. The molecule has 2 heteroatoms. The van der Waals surface area contributed by atoms with Gasteiger partial charge in [-0.25, -0.2) is 0 Å². The van der Waals surface area contributed by atoms with Gasteiger partial charge in [-0.15, -0.1) is 0 Å². The second kappa shape index (κ2) is 1.99. The average molecular weight is 166 g/mol. The summed E-state index contributed by atoms with van der Waals surface area (Å²) in [5.41, 5.74) is 0.749. The number of aliphatic hydroxyl groups excluding tert-OH is 1. The number of rotatable bonds is 0. The lowest BCUT2D eigenvalue weighted by Gasteiger charge is -2.11. The summed E-state index contributed by atoms with van der Waals surface area (Å²) in [6, 6.07) is 0. The van der Waals surface area contributed by atoms with Crippen LogP contribution in [0.1, 0.15) is 20.8 Å². The molecule has 0 unspecified atom stereocenters. The van der Waals surface area contributed by atoms with Gasteiger partial charge in [-0.2, -0.15) is 0 Å². The molecule has 2 aliphatic carbocycles. The molecule has 0 radical (unpaired) electrons. The first-order valence-electron chi connectivity index (χ1n) is 4.37. The van der Waals surface area contributed by atoms with Crippen LogP contribution in [-0.4, -0.2) is 17.0 Å². The lowest BCUT2D eigenvalue weighted by molar-refractivity contribution is -0.118. The Morgan fingerprint density at radius 1 is 1.50 bits per heavy atom. The number of allylic oxidation sites excluding steroid dienone is 1. The first kappa shape index (κ1) is 7.99. The van der Waals surface area contributed by atoms with Gasteiger partial charge in [0.15, 0.2) is 5.78 Å². The Labute approximate surface area is 72.3 Å². The van der Waals surface area contributed by atoms with E-state index in [1.54, 1.807) is 13.0 Å². The van der Waals surface area contributed by atoms with Crippen LogP contribution in [0.15, 0.2) is 11.6 Å². The summed E-state index contributed by atoms with van der Waals surface area (Å²) >= 11 is 0. The second-order valence-electron chi connectivity index (χ2n) is 4.53. The molecule has 0 saturated heterocycles. The fraction of sp³-hybridized carbons (Fsp3) is 0.700. The molecule has 1 fully saturated rings. The third kappa shape index (κ3) is 0.761. The van der Waals surface area contributed by atoms with Gasteiger partial charge in [-0.3, -0.25) is 4.79 Å². The van der Waals surface area contributed by atoms with Crippen molar-refractivity contribution in [3.63, 3.8) is 0 Å². The number of Topliss-reactive ketones (excluding diaryl/α,β-unsaturated/α-hetero) is 1. The SMILES string of the molecule is CC1=C[C@H](O)[C@@H]2[C@H](C1=O)C2(C)C. The third-order valence-electron chi connectivity index (χ3n) is 3.37. The molecular formula is C10H14O2. The maximum absolute atomic E-state index is 11.5. The van der Waals surface area contributed by atoms with Crippen LogP contribution in [0.4, 0.5) is 0 Å². The highest BCUT2D eigenvalue weighted by Crippen LogP contribution is 2.62. The van der Waals surface area contributed by atoms with Gasteiger partial charge in [0, 0.05) is 11.8 Å². The number of aliphatic hydroxyl groups is 1. The van der Waals surface area contributed by atoms with Gasteiger partial charge in [-0.1, -0.05) is 13.8 Å². The molecule has 0 aromatic heterocycles. The average Bonchev–Trinajstić information content (AvgIpc) is 2.50. The van der Waals surface area contributed by atoms with Crippen molar-refractivity contribution in [1.29, 1.82) is 0 Å². The fourth-order valence-electron chi connectivity index (χ4n) is 2.50. The van der Waals surface area contributed by atoms with Crippen molar-refractivity contribution in [1.82, 2.24) is 0 Å². The zero-order chi connectivity index (χ0) is 9.09. The second-order valence-corrected chi connectivity index (χ2v) is 4.53. The zero-order valence-corrected chi connectivity index (χ0v) is 7.66. The molecule has 0 aromatic rings. The van der Waals surface area contributed by atoms with Gasteiger partial charge < -0.3 is 5.11 Å². The van der Waals surface area contributed by atoms with Gasteiger partial charge in [0.1, 0.15) is 0 Å². The molecule has 0 aromatic carbocycles. The highest BCUT2D eigenvalue weighted by molar-refractivity contribution is 6.00. The van der Waals surface area contributed by atoms with Gasteiger partial charge in [0.25, 0.3) is 0 Å². The minimum atomic E-state index is -0.400. The van der Waals surface area contributed by atoms with Crippen LogP contribution >= 0.6 is 0 Å². The van der Waals surface area contributed by atoms with E-state index in [1.165, 1.54) is 0 Å². The predicted molar refractivity (Wildman–Crippen MR) is 45.5 cm³/mol. The summed E-state index contributed by atoms with van der Waals surface area (Å²) in [6.07, 6.45) is 1.29. The molecule has 0 aliphatic heterocycles. The molecule has 0 bridgehead atoms. The minimum absolute atomic E-state index is 0.0186. The molecule has 3 atom stereocenters. The molecule has 1 N–H and O–H groups in total. The minimum Gasteiger partial charge on any atom is -0.389 e. The van der Waals surface area contributed by atoms with Crippen molar-refractivity contribution in [2.75, 3.05) is 0 Å². The Morgan fingerprint density at radius 3 is 2.67 bits per heavy atom. The molecule has 66 valence electrons. The highest BCUT2D eigenvalue weighted by atomic mass is 16.3. The quantitative estimate of drug-likeness (QED) is 0.586. The topological polar surface area (TPSA) is 37.3 Å². The summed E-state index contributed by atoms with van der Waals surface area (Å²) in [5.74, 6) is 0.487. The van der Waals surface area contributed by atoms with Crippen LogP contribution < -0.4 is 0 Å². The smallest absolute Gasteiger partial charge is 0.162 e. The van der Waals surface area contributed by atoms with Gasteiger partial charge in [0.2, 0.25) is 0 Å². The van der Waals surface area contributed by atoms with Crippen LogP contribution in [0.2, 0.25) is 0 Å². The molecule has 12 heavy (non-hydrogen) atoms. The van der Waals surface area contributed by atoms with E-state index >= 15 is 0 Å². The standard InChI is InChI=1S/C10H14O2/c1-5-4-6(11)7-8(9(5)12)10(7,2)3/h4,6-8,11H,1-3H3/t6-,7+,8+/m0/s1. The monoisotopic (exact) mass is 166 g/mol. The summed E-state index contributed by atoms with van der Waals surface area (Å²) in [5, 5.41) is 9.61. The van der Waals surface area contributed by atoms with E-state index in [1.807, 2.05) is 0 Å². The summed E-state index contributed by atoms with van der Waals surface area (Å²) in [6.45, 7) is 5.89. The van der Waals surface area contributed by atoms with Gasteiger partial charge in [0.05, 0.1) is 6.10 Å². The van der Waals surface area contributed by atoms with Crippen molar-refractivity contribution in [3.05, 3.63) is 11.6 Å². The maximum atomic E-state index is 11.5. The molecule has 0 heterocycles. The first-order chi connectivity index (χ1) is 5.46. The normalized spacial score (nSPS) is 43.5. The van der Waals surface area contributed by atoms with E-state index in [-0.39, 0.29) is 23.0 Å². The van der Waals surface area contributed by atoms with Crippen LogP contribution in [0.3, 0.4) is 0 Å². The highest BCUT2D eigenvalue weighted by Gasteiger charge is 2.65. The number of carbonyl (C=O) groups is 1. The van der Waals surface area contributed by atoms with Crippen LogP contribution in [0.5, 0.6) is 0 Å². The van der Waals surface area contributed by atoms with Crippen LogP contribution in [0.25, 0.3) is 0 Å². The Hall–Kier alpha value is -0.630. The largest absolute Gasteiger partial charge is 0.389 e. The molecule has 2 aliphatic rings. The Kier molecular flexibility index (Phi) is 1.33. The summed E-state index contributed by atoms with van der Waals surface area (Å²) in [4.78, 5) is 11.5. The summed E-state index contributed by atoms with van der Waals surface area (Å²) < 4.78 is 0. The predicted octanol–water partition coefficient (Wildman–Crippen LogP) is 1.15. The van der Waals surface area contributed by atoms with Crippen molar-refractivity contribution in [2.45, 2.75) is 26.9 Å². The van der Waals surface area contributed by atoms with Crippen LogP contribution in [-0.2, 0) is 4.79 Å². The van der Waals surface area contributed by atoms with Crippen LogP contribution in [0, 0.1) is 17.3 Å². The maximum Gasteiger partial charge on any atom is 0.162 e. The number of fused-ring (bicyclic) bond motifs is 1. The summed E-state index contributed by atoms with van der Waals surface area (Å²) in [7, 11) is 0. The zero-order valence-electron chi connectivity index (χ0n) is 7.66. The molecule has 2 rings (SSSR count). The fourth-order valence-corrected chi connectivity index (χ4v) is 2.50. The van der Waals surface area contributed by atoms with E-state index < -0.39 is 6.10 Å².